The number of hydrogen-bond acceptors (Lipinski definition) is 4. The first-order valence-electron chi connectivity index (χ1n) is 7.89. The van der Waals surface area contributed by atoms with Gasteiger partial charge in [-0.15, -0.1) is 0 Å². The van der Waals surface area contributed by atoms with E-state index in [1.54, 1.807) is 30.3 Å². The first-order valence-corrected chi connectivity index (χ1v) is 9.54. The van der Waals surface area contributed by atoms with Gasteiger partial charge in [0.1, 0.15) is 5.78 Å². The number of carbonyl (C=O) groups excluding carboxylic acids is 1. The van der Waals surface area contributed by atoms with Gasteiger partial charge in [-0.05, 0) is 42.7 Å². The van der Waals surface area contributed by atoms with Crippen molar-refractivity contribution < 1.29 is 18.3 Å². The van der Waals surface area contributed by atoms with Gasteiger partial charge in [-0.25, -0.2) is 8.42 Å². The number of ketones is 1. The average molecular weight is 322 g/mol. The Morgan fingerprint density at radius 3 is 2.55 bits per heavy atom. The lowest BCUT2D eigenvalue weighted by molar-refractivity contribution is -0.127. The molecular formula is C17H22O4S. The quantitative estimate of drug-likeness (QED) is 0.925. The van der Waals surface area contributed by atoms with E-state index in [0.717, 1.165) is 6.42 Å². The van der Waals surface area contributed by atoms with Crippen molar-refractivity contribution in [1.82, 2.24) is 0 Å². The highest BCUT2D eigenvalue weighted by Crippen LogP contribution is 2.47. The lowest BCUT2D eigenvalue weighted by Crippen LogP contribution is -2.39. The molecule has 1 N–H and O–H groups in total. The van der Waals surface area contributed by atoms with Gasteiger partial charge < -0.3 is 5.11 Å². The second-order valence-corrected chi connectivity index (χ2v) is 8.77. The highest BCUT2D eigenvalue weighted by Gasteiger charge is 2.49. The predicted octanol–water partition coefficient (Wildman–Crippen LogP) is 2.07. The van der Waals surface area contributed by atoms with E-state index in [0.29, 0.717) is 12.8 Å². The minimum atomic E-state index is -3.47. The molecule has 1 aromatic carbocycles. The zero-order chi connectivity index (χ0) is 15.9. The van der Waals surface area contributed by atoms with Crippen LogP contribution >= 0.6 is 0 Å². The van der Waals surface area contributed by atoms with E-state index in [9.17, 15) is 18.3 Å². The largest absolute Gasteiger partial charge is 0.393 e. The van der Waals surface area contributed by atoms with Crippen LogP contribution in [0.25, 0.3) is 0 Å². The van der Waals surface area contributed by atoms with Crippen LogP contribution in [-0.2, 0) is 14.6 Å². The Kier molecular flexibility index (Phi) is 4.12. The molecule has 120 valence electrons. The van der Waals surface area contributed by atoms with Crippen LogP contribution < -0.4 is 0 Å². The summed E-state index contributed by atoms with van der Waals surface area (Å²) in [5.41, 5.74) is 0. The van der Waals surface area contributed by atoms with E-state index in [4.69, 9.17) is 0 Å². The Balaban J connectivity index is 1.85. The van der Waals surface area contributed by atoms with Crippen LogP contribution in [0.15, 0.2) is 35.2 Å². The van der Waals surface area contributed by atoms with Gasteiger partial charge in [0, 0.05) is 12.3 Å². The second kappa shape index (κ2) is 5.78. The van der Waals surface area contributed by atoms with Crippen molar-refractivity contribution in [3.63, 3.8) is 0 Å². The van der Waals surface area contributed by atoms with E-state index in [2.05, 4.69) is 0 Å². The predicted molar refractivity (Wildman–Crippen MR) is 83.0 cm³/mol. The van der Waals surface area contributed by atoms with Crippen molar-refractivity contribution in [1.29, 1.82) is 0 Å². The van der Waals surface area contributed by atoms with Crippen LogP contribution in [-0.4, -0.2) is 31.2 Å². The first kappa shape index (κ1) is 15.7. The fourth-order valence-corrected chi connectivity index (χ4v) is 5.85. The van der Waals surface area contributed by atoms with Crippen molar-refractivity contribution in [2.45, 2.75) is 37.2 Å². The number of aliphatic hydroxyl groups excluding tert-OH is 1. The van der Waals surface area contributed by atoms with Crippen molar-refractivity contribution >= 4 is 15.6 Å². The normalized spacial score (nSPS) is 35.4. The van der Waals surface area contributed by atoms with Crippen molar-refractivity contribution in [2.75, 3.05) is 5.75 Å². The summed E-state index contributed by atoms with van der Waals surface area (Å²) in [5.74, 6) is -0.335. The Labute approximate surface area is 131 Å². The molecule has 2 saturated carbocycles. The smallest absolute Gasteiger partial charge is 0.179 e. The topological polar surface area (TPSA) is 71.4 Å². The number of sulfone groups is 1. The number of aliphatic hydroxyl groups is 1. The highest BCUT2D eigenvalue weighted by molar-refractivity contribution is 7.91. The van der Waals surface area contributed by atoms with Crippen LogP contribution in [0.2, 0.25) is 0 Å². The van der Waals surface area contributed by atoms with Gasteiger partial charge in [0.05, 0.1) is 16.8 Å². The fourth-order valence-electron chi connectivity index (χ4n) is 4.18. The maximum Gasteiger partial charge on any atom is 0.179 e. The summed E-state index contributed by atoms with van der Waals surface area (Å²) < 4.78 is 25.2. The molecule has 2 fully saturated rings. The monoisotopic (exact) mass is 322 g/mol. The third-order valence-electron chi connectivity index (χ3n) is 5.37. The molecule has 2 aliphatic rings. The van der Waals surface area contributed by atoms with Gasteiger partial charge in [-0.2, -0.15) is 0 Å². The number of carbonyl (C=O) groups is 1. The van der Waals surface area contributed by atoms with Crippen LogP contribution in [0.1, 0.15) is 26.2 Å². The second-order valence-electron chi connectivity index (χ2n) is 6.74. The fraction of sp³-hybridized carbons (Fsp3) is 0.588. The molecule has 0 spiro atoms. The lowest BCUT2D eigenvalue weighted by atomic mass is 9.73. The number of rotatable bonds is 3. The molecule has 4 nitrogen and oxygen atoms in total. The first-order chi connectivity index (χ1) is 10.4. The number of benzene rings is 1. The molecule has 0 aromatic heterocycles. The summed E-state index contributed by atoms with van der Waals surface area (Å²) in [7, 11) is -3.47. The molecule has 5 heteroatoms. The number of fused-ring (bicyclic) bond motifs is 1. The highest BCUT2D eigenvalue weighted by atomic mass is 32.2. The molecule has 5 atom stereocenters. The molecule has 4 unspecified atom stereocenters. The molecule has 0 radical (unpaired) electrons. The van der Waals surface area contributed by atoms with Gasteiger partial charge in [0.2, 0.25) is 0 Å². The molecule has 0 aliphatic heterocycles. The van der Waals surface area contributed by atoms with Crippen molar-refractivity contribution in [3.05, 3.63) is 30.3 Å². The van der Waals surface area contributed by atoms with E-state index >= 15 is 0 Å². The van der Waals surface area contributed by atoms with E-state index < -0.39 is 21.9 Å². The standard InChI is InChI=1S/C17H22O4S/c1-11-9-14-13(17(11)19)7-8-16(18)15(14)10-22(20,21)12-5-3-2-4-6-12/h2-6,11,13-15,17,19H,7-10H2,1H3/t11?,13?,14?,15?,17-/m0/s1. The number of hydrogen-bond donors (Lipinski definition) is 1. The molecule has 3 rings (SSSR count). The van der Waals surface area contributed by atoms with Gasteiger partial charge in [0.25, 0.3) is 0 Å². The van der Waals surface area contributed by atoms with E-state index in [1.165, 1.54) is 0 Å². The third-order valence-corrected chi connectivity index (χ3v) is 7.16. The van der Waals surface area contributed by atoms with Crippen LogP contribution in [0, 0.1) is 23.7 Å². The zero-order valence-corrected chi connectivity index (χ0v) is 13.5. The van der Waals surface area contributed by atoms with Gasteiger partial charge in [0.15, 0.2) is 9.84 Å². The van der Waals surface area contributed by atoms with Gasteiger partial charge in [-0.3, -0.25) is 4.79 Å². The molecule has 1 aromatic rings. The summed E-state index contributed by atoms with van der Waals surface area (Å²) in [6, 6.07) is 8.31. The third kappa shape index (κ3) is 2.72. The maximum absolute atomic E-state index is 12.6. The lowest BCUT2D eigenvalue weighted by Gasteiger charge is -2.33. The SMILES string of the molecule is CC1CC2C(CS(=O)(=O)c3ccccc3)C(=O)CCC2[C@H]1O. The molecule has 0 saturated heterocycles. The molecule has 0 heterocycles. The Hall–Kier alpha value is -1.20. The summed E-state index contributed by atoms with van der Waals surface area (Å²) >= 11 is 0. The van der Waals surface area contributed by atoms with Gasteiger partial charge >= 0.3 is 0 Å². The minimum Gasteiger partial charge on any atom is -0.393 e. The molecule has 2 aliphatic carbocycles. The van der Waals surface area contributed by atoms with E-state index in [-0.39, 0.29) is 34.2 Å². The number of Topliss-reactive ketones (excluding diaryl/α,β-unsaturated/α-hetero) is 1. The molecule has 22 heavy (non-hydrogen) atoms. The maximum atomic E-state index is 12.6. The molecule has 0 amide bonds. The van der Waals surface area contributed by atoms with Crippen molar-refractivity contribution in [2.24, 2.45) is 23.7 Å². The summed E-state index contributed by atoms with van der Waals surface area (Å²) in [6.07, 6.45) is 1.42. The Morgan fingerprint density at radius 2 is 1.86 bits per heavy atom. The Bertz CT molecular complexity index is 652. The van der Waals surface area contributed by atoms with Crippen LogP contribution in [0.4, 0.5) is 0 Å². The van der Waals surface area contributed by atoms with Gasteiger partial charge in [-0.1, -0.05) is 25.1 Å². The van der Waals surface area contributed by atoms with Crippen LogP contribution in [0.5, 0.6) is 0 Å². The molecular weight excluding hydrogens is 300 g/mol. The average Bonchev–Trinajstić information content (AvgIpc) is 2.79. The van der Waals surface area contributed by atoms with Crippen LogP contribution in [0.3, 0.4) is 0 Å². The molecule has 0 bridgehead atoms. The zero-order valence-electron chi connectivity index (χ0n) is 12.7. The minimum absolute atomic E-state index is 0.00439. The summed E-state index contributed by atoms with van der Waals surface area (Å²) in [4.78, 5) is 12.6. The van der Waals surface area contributed by atoms with E-state index in [1.807, 2.05) is 6.92 Å². The summed E-state index contributed by atoms with van der Waals surface area (Å²) in [5, 5.41) is 10.3. The summed E-state index contributed by atoms with van der Waals surface area (Å²) in [6.45, 7) is 1.98. The Morgan fingerprint density at radius 1 is 1.18 bits per heavy atom. The van der Waals surface area contributed by atoms with Crippen molar-refractivity contribution in [3.8, 4) is 0 Å².